The van der Waals surface area contributed by atoms with Crippen LogP contribution in [0.4, 0.5) is 34.1 Å². The molecule has 7 aromatic rings. The van der Waals surface area contributed by atoms with Crippen LogP contribution in [-0.4, -0.2) is 6.71 Å². The Kier molecular flexibility index (Phi) is 6.21. The first-order valence-electron chi connectivity index (χ1n) is 24.4. The fraction of sp³-hybridized carbons (Fsp3) is 0.300. The fourth-order valence-electron chi connectivity index (χ4n) is 17.2. The van der Waals surface area contributed by atoms with Gasteiger partial charge in [0.25, 0.3) is 6.71 Å². The summed E-state index contributed by atoms with van der Waals surface area (Å²) < 4.78 is 0. The predicted octanol–water partition coefficient (Wildman–Crippen LogP) is 12.6. The highest BCUT2D eigenvalue weighted by Crippen LogP contribution is 2.75. The Labute approximate surface area is 372 Å². The number of hydrogen-bond acceptors (Lipinski definition) is 2. The molecule has 7 aromatic carbocycles. The van der Waals surface area contributed by atoms with Gasteiger partial charge in [-0.3, -0.25) is 0 Å². The molecule has 6 bridgehead atoms. The van der Waals surface area contributed by atoms with Crippen LogP contribution < -0.4 is 26.2 Å². The molecule has 0 aromatic heterocycles. The molecule has 0 radical (unpaired) electrons. The average Bonchev–Trinajstić information content (AvgIpc) is 3.31. The van der Waals surface area contributed by atoms with Crippen molar-refractivity contribution in [3.63, 3.8) is 0 Å². The van der Waals surface area contributed by atoms with Crippen LogP contribution >= 0.6 is 0 Å². The Bertz CT molecular complexity index is 3160. The van der Waals surface area contributed by atoms with Crippen molar-refractivity contribution in [2.45, 2.75) is 88.4 Å². The molecule has 11 aliphatic rings. The summed E-state index contributed by atoms with van der Waals surface area (Å²) >= 11 is 0. The summed E-state index contributed by atoms with van der Waals surface area (Å²) in [6.45, 7) is 9.64. The van der Waals surface area contributed by atoms with E-state index in [4.69, 9.17) is 0 Å². The lowest BCUT2D eigenvalue weighted by Gasteiger charge is -2.67. The van der Waals surface area contributed by atoms with E-state index in [1.165, 1.54) is 121 Å². The lowest BCUT2D eigenvalue weighted by molar-refractivity contribution is -0.0419. The van der Waals surface area contributed by atoms with Gasteiger partial charge in [-0.2, -0.15) is 0 Å². The number of hydrogen-bond donors (Lipinski definition) is 0. The van der Waals surface area contributed by atoms with Crippen LogP contribution in [0.15, 0.2) is 133 Å². The van der Waals surface area contributed by atoms with Crippen LogP contribution in [-0.2, 0) is 10.8 Å². The highest BCUT2D eigenvalue weighted by Gasteiger charge is 2.67. The standard InChI is InChI=1S/C60H51BN2/c1-32(2)38-15-11-16-39(33(3)4)55(38)62-50-22-10-9-20-48(50)61-49-21-12-19-45-56(49)63-57-46(59(45)36-28-34-27-35(30-36)31-37(59)29-34)24-23-42-52-40-13-5-7-17-43(40)60(53(42)57,44-18-8-6-14-41(44)52)47-25-26-51(62)54(61)58(47)63/h5-26,32-37,52H,27-31H2,1-4H3. The molecule has 4 heterocycles. The molecule has 304 valence electrons. The van der Waals surface area contributed by atoms with Gasteiger partial charge in [-0.25, -0.2) is 0 Å². The Hall–Kier alpha value is -5.80. The number of nitrogens with zero attached hydrogens (tertiary/aromatic N) is 2. The quantitative estimate of drug-likeness (QED) is 0.164. The second kappa shape index (κ2) is 11.3. The molecule has 63 heavy (non-hydrogen) atoms. The van der Waals surface area contributed by atoms with Gasteiger partial charge in [0.15, 0.2) is 0 Å². The summed E-state index contributed by atoms with van der Waals surface area (Å²) in [5.74, 6) is 4.11. The molecule has 0 atom stereocenters. The Morgan fingerprint density at radius 3 is 1.75 bits per heavy atom. The molecule has 0 N–H and O–H groups in total. The molecule has 3 heteroatoms. The monoisotopic (exact) mass is 810 g/mol. The number of anilines is 6. The van der Waals surface area contributed by atoms with E-state index in [9.17, 15) is 0 Å². The van der Waals surface area contributed by atoms with Crippen molar-refractivity contribution >= 4 is 57.2 Å². The molecule has 0 amide bonds. The van der Waals surface area contributed by atoms with E-state index in [1.54, 1.807) is 22.4 Å². The van der Waals surface area contributed by atoms with Crippen molar-refractivity contribution in [1.82, 2.24) is 0 Å². The van der Waals surface area contributed by atoms with Crippen LogP contribution in [0.1, 0.15) is 139 Å². The fourth-order valence-corrected chi connectivity index (χ4v) is 17.2. The summed E-state index contributed by atoms with van der Waals surface area (Å²) in [5.41, 5.74) is 29.4. The smallest absolute Gasteiger partial charge is 0.252 e. The van der Waals surface area contributed by atoms with Crippen molar-refractivity contribution < 1.29 is 0 Å². The van der Waals surface area contributed by atoms with Gasteiger partial charge in [0.2, 0.25) is 0 Å². The van der Waals surface area contributed by atoms with Gasteiger partial charge < -0.3 is 9.80 Å². The van der Waals surface area contributed by atoms with Crippen LogP contribution in [0.2, 0.25) is 0 Å². The zero-order chi connectivity index (χ0) is 41.4. The van der Waals surface area contributed by atoms with E-state index in [0.29, 0.717) is 23.7 Å². The molecule has 4 saturated carbocycles. The van der Waals surface area contributed by atoms with Gasteiger partial charge in [0, 0.05) is 39.6 Å². The number of fused-ring (bicyclic) bond motifs is 3. The van der Waals surface area contributed by atoms with E-state index >= 15 is 0 Å². The maximum absolute atomic E-state index is 2.93. The minimum Gasteiger partial charge on any atom is -0.311 e. The third-order valence-electron chi connectivity index (χ3n) is 18.8. The number of benzene rings is 7. The van der Waals surface area contributed by atoms with Gasteiger partial charge in [0.1, 0.15) is 0 Å². The van der Waals surface area contributed by atoms with Gasteiger partial charge in [-0.15, -0.1) is 0 Å². The first kappa shape index (κ1) is 34.7. The van der Waals surface area contributed by atoms with E-state index < -0.39 is 5.41 Å². The van der Waals surface area contributed by atoms with Crippen LogP contribution in [0.25, 0.3) is 0 Å². The Morgan fingerprint density at radius 2 is 1.05 bits per heavy atom. The summed E-state index contributed by atoms with van der Waals surface area (Å²) in [5, 5.41) is 0. The lowest BCUT2D eigenvalue weighted by atomic mass is 9.31. The van der Waals surface area contributed by atoms with E-state index in [-0.39, 0.29) is 18.0 Å². The first-order valence-corrected chi connectivity index (χ1v) is 24.4. The van der Waals surface area contributed by atoms with Crippen molar-refractivity contribution in [2.75, 3.05) is 9.80 Å². The summed E-state index contributed by atoms with van der Waals surface area (Å²) in [6.07, 6.45) is 6.99. The minimum atomic E-state index is -0.425. The molecule has 4 aliphatic heterocycles. The number of para-hydroxylation sites is 3. The summed E-state index contributed by atoms with van der Waals surface area (Å²) in [7, 11) is 0. The molecule has 2 nitrogen and oxygen atoms in total. The molecule has 7 aliphatic carbocycles. The summed E-state index contributed by atoms with van der Waals surface area (Å²) in [4.78, 5) is 5.66. The maximum atomic E-state index is 2.93. The van der Waals surface area contributed by atoms with E-state index in [0.717, 1.165) is 11.8 Å². The minimum absolute atomic E-state index is 0.0196. The maximum Gasteiger partial charge on any atom is 0.252 e. The van der Waals surface area contributed by atoms with Crippen molar-refractivity contribution in [2.24, 2.45) is 23.7 Å². The van der Waals surface area contributed by atoms with Gasteiger partial charge in [-0.1, -0.05) is 149 Å². The molecule has 0 saturated heterocycles. The van der Waals surface area contributed by atoms with E-state index in [1.807, 2.05) is 0 Å². The normalized spacial score (nSPS) is 27.8. The van der Waals surface area contributed by atoms with Crippen LogP contribution in [0, 0.1) is 23.7 Å². The van der Waals surface area contributed by atoms with Crippen molar-refractivity contribution in [1.29, 1.82) is 0 Å². The molecule has 18 rings (SSSR count). The highest BCUT2D eigenvalue weighted by atomic mass is 15.2. The Balaban J connectivity index is 1.12. The molecule has 0 unspecified atom stereocenters. The third kappa shape index (κ3) is 3.63. The van der Waals surface area contributed by atoms with Gasteiger partial charge in [0.05, 0.1) is 16.8 Å². The SMILES string of the molecule is CC(C)c1cccc(C(C)C)c1N1c2ccccc2B2c3cccc4c3N3c5c(ccc1c52)C12c5ccccc5C(c5ccccc51)c1ccc(c3c12)C41C2CC3CC(C2)CC1C3. The number of rotatable bonds is 3. The van der Waals surface area contributed by atoms with Crippen molar-refractivity contribution in [3.8, 4) is 0 Å². The van der Waals surface area contributed by atoms with Crippen LogP contribution in [0.5, 0.6) is 0 Å². The zero-order valence-electron chi connectivity index (χ0n) is 36.8. The van der Waals surface area contributed by atoms with Gasteiger partial charge in [-0.05, 0) is 152 Å². The van der Waals surface area contributed by atoms with E-state index in [2.05, 4.69) is 171 Å². The van der Waals surface area contributed by atoms with Gasteiger partial charge >= 0.3 is 0 Å². The van der Waals surface area contributed by atoms with Crippen molar-refractivity contribution in [3.05, 3.63) is 195 Å². The first-order chi connectivity index (χ1) is 30.9. The zero-order valence-corrected chi connectivity index (χ0v) is 36.8. The topological polar surface area (TPSA) is 6.48 Å². The second-order valence-corrected chi connectivity index (χ2v) is 21.9. The molecular weight excluding hydrogens is 759 g/mol. The predicted molar refractivity (Wildman–Crippen MR) is 259 cm³/mol. The van der Waals surface area contributed by atoms with Crippen LogP contribution in [0.3, 0.4) is 0 Å². The summed E-state index contributed by atoms with van der Waals surface area (Å²) in [6, 6.07) is 54.2. The lowest BCUT2D eigenvalue weighted by Crippen LogP contribution is -2.66. The Morgan fingerprint density at radius 1 is 0.460 bits per heavy atom. The largest absolute Gasteiger partial charge is 0.311 e. The third-order valence-corrected chi connectivity index (χ3v) is 18.8. The molecular formula is C60H51BN2. The highest BCUT2D eigenvalue weighted by molar-refractivity contribution is 7.00. The molecule has 4 fully saturated rings. The molecule has 2 spiro atoms. The second-order valence-electron chi connectivity index (χ2n) is 21.9. The average molecular weight is 811 g/mol.